The van der Waals surface area contributed by atoms with E-state index in [2.05, 4.69) is 10.3 Å². The molecule has 1 amide bonds. The zero-order chi connectivity index (χ0) is 19.7. The summed E-state index contributed by atoms with van der Waals surface area (Å²) in [6.45, 7) is 7.37. The van der Waals surface area contributed by atoms with Gasteiger partial charge in [0.05, 0.1) is 7.11 Å². The van der Waals surface area contributed by atoms with Gasteiger partial charge in [-0.05, 0) is 38.5 Å². The molecule has 1 aromatic carbocycles. The van der Waals surface area contributed by atoms with Crippen LogP contribution in [0.25, 0.3) is 0 Å². The molecule has 0 unspecified atom stereocenters. The molecule has 0 radical (unpaired) electrons. The summed E-state index contributed by atoms with van der Waals surface area (Å²) < 4.78 is 10.5. The summed E-state index contributed by atoms with van der Waals surface area (Å²) in [5.41, 5.74) is 0.662. The van der Waals surface area contributed by atoms with Gasteiger partial charge in [-0.2, -0.15) is 0 Å². The highest BCUT2D eigenvalue weighted by molar-refractivity contribution is 5.79. The maximum Gasteiger partial charge on any atom is 0.410 e. The topological polar surface area (TPSA) is 66.4 Å². The van der Waals surface area contributed by atoms with Gasteiger partial charge in [-0.1, -0.05) is 12.1 Å². The Morgan fingerprint density at radius 3 is 2.27 bits per heavy atom. The quantitative estimate of drug-likeness (QED) is 0.621. The van der Waals surface area contributed by atoms with Crippen LogP contribution < -0.4 is 10.1 Å². The van der Waals surface area contributed by atoms with Gasteiger partial charge in [0.15, 0.2) is 5.96 Å². The smallest absolute Gasteiger partial charge is 0.410 e. The third kappa shape index (κ3) is 7.63. The molecule has 0 heterocycles. The van der Waals surface area contributed by atoms with Crippen molar-refractivity contribution in [2.75, 3.05) is 41.3 Å². The average Bonchev–Trinajstić information content (AvgIpc) is 2.57. The van der Waals surface area contributed by atoms with Gasteiger partial charge < -0.3 is 24.6 Å². The van der Waals surface area contributed by atoms with E-state index >= 15 is 0 Å². The molecule has 7 nitrogen and oxygen atoms in total. The lowest BCUT2D eigenvalue weighted by atomic mass is 10.2. The number of guanidine groups is 1. The predicted octanol–water partition coefficient (Wildman–Crippen LogP) is 2.57. The van der Waals surface area contributed by atoms with Crippen LogP contribution in [0.5, 0.6) is 5.75 Å². The van der Waals surface area contributed by atoms with E-state index in [1.165, 1.54) is 0 Å². The van der Waals surface area contributed by atoms with Crippen LogP contribution >= 0.6 is 0 Å². The number of likely N-dealkylation sites (N-methyl/N-ethyl adjacent to an activating group) is 1. The molecule has 0 fully saturated rings. The maximum atomic E-state index is 12.0. The highest BCUT2D eigenvalue weighted by Crippen LogP contribution is 2.12. The van der Waals surface area contributed by atoms with Crippen LogP contribution in [-0.4, -0.2) is 68.8 Å². The number of methoxy groups -OCH3 is 1. The molecule has 0 aliphatic rings. The second-order valence-corrected chi connectivity index (χ2v) is 7.08. The van der Waals surface area contributed by atoms with E-state index in [-0.39, 0.29) is 6.09 Å². The lowest BCUT2D eigenvalue weighted by Gasteiger charge is -2.26. The van der Waals surface area contributed by atoms with Crippen LogP contribution in [0.15, 0.2) is 29.3 Å². The fourth-order valence-corrected chi connectivity index (χ4v) is 2.23. The fourth-order valence-electron chi connectivity index (χ4n) is 2.23. The van der Waals surface area contributed by atoms with Crippen molar-refractivity contribution in [2.45, 2.75) is 32.9 Å². The standard InChI is InChI=1S/C19H32N4O3/c1-19(2,3)26-18(24)22(5)13-12-21-17(20-4)23(6)14-15-8-10-16(25-7)11-9-15/h8-11H,12-14H2,1-7H3,(H,20,21). The lowest BCUT2D eigenvalue weighted by molar-refractivity contribution is 0.0302. The molecule has 1 aromatic rings. The summed E-state index contributed by atoms with van der Waals surface area (Å²) in [7, 11) is 7.09. The van der Waals surface area contributed by atoms with Gasteiger partial charge in [-0.3, -0.25) is 4.99 Å². The number of hydrogen-bond acceptors (Lipinski definition) is 4. The molecule has 0 aromatic heterocycles. The fraction of sp³-hybridized carbons (Fsp3) is 0.579. The van der Waals surface area contributed by atoms with Crippen molar-refractivity contribution in [3.63, 3.8) is 0 Å². The van der Waals surface area contributed by atoms with Crippen molar-refractivity contribution in [2.24, 2.45) is 4.99 Å². The first kappa shape index (κ1) is 21.6. The van der Waals surface area contributed by atoms with Crippen LogP contribution in [0.2, 0.25) is 0 Å². The van der Waals surface area contributed by atoms with Gasteiger partial charge in [0.2, 0.25) is 0 Å². The number of hydrogen-bond donors (Lipinski definition) is 1. The highest BCUT2D eigenvalue weighted by atomic mass is 16.6. The van der Waals surface area contributed by atoms with E-state index in [9.17, 15) is 4.79 Å². The maximum absolute atomic E-state index is 12.0. The second-order valence-electron chi connectivity index (χ2n) is 7.08. The van der Waals surface area contributed by atoms with Crippen molar-refractivity contribution >= 4 is 12.1 Å². The summed E-state index contributed by atoms with van der Waals surface area (Å²) in [5, 5.41) is 3.26. The van der Waals surface area contributed by atoms with E-state index in [1.54, 1.807) is 26.1 Å². The van der Waals surface area contributed by atoms with Gasteiger partial charge in [0, 0.05) is 40.8 Å². The van der Waals surface area contributed by atoms with Crippen LogP contribution in [-0.2, 0) is 11.3 Å². The molecule has 0 bridgehead atoms. The van der Waals surface area contributed by atoms with E-state index in [1.807, 2.05) is 57.0 Å². The first-order valence-corrected chi connectivity index (χ1v) is 8.65. The summed E-state index contributed by atoms with van der Waals surface area (Å²) in [4.78, 5) is 19.8. The number of rotatable bonds is 6. The molecule has 1 rings (SSSR count). The van der Waals surface area contributed by atoms with E-state index in [0.717, 1.165) is 17.3 Å². The molecule has 146 valence electrons. The molecular weight excluding hydrogens is 332 g/mol. The Morgan fingerprint density at radius 2 is 1.77 bits per heavy atom. The molecule has 26 heavy (non-hydrogen) atoms. The first-order valence-electron chi connectivity index (χ1n) is 8.65. The van der Waals surface area contributed by atoms with Crippen molar-refractivity contribution < 1.29 is 14.3 Å². The predicted molar refractivity (Wildman–Crippen MR) is 105 cm³/mol. The summed E-state index contributed by atoms with van der Waals surface area (Å²) in [5.74, 6) is 1.60. The number of benzene rings is 1. The number of nitrogens with zero attached hydrogens (tertiary/aromatic N) is 3. The molecular formula is C19H32N4O3. The number of nitrogens with one attached hydrogen (secondary N) is 1. The Bertz CT molecular complexity index is 594. The summed E-state index contributed by atoms with van der Waals surface area (Å²) in [6.07, 6.45) is -0.333. The normalized spacial score (nSPS) is 11.7. The molecule has 7 heteroatoms. The van der Waals surface area contributed by atoms with Crippen molar-refractivity contribution in [1.29, 1.82) is 0 Å². The van der Waals surface area contributed by atoms with E-state index in [4.69, 9.17) is 9.47 Å². The lowest BCUT2D eigenvalue weighted by Crippen LogP contribution is -2.43. The Labute approximate surface area is 157 Å². The summed E-state index contributed by atoms with van der Waals surface area (Å²) in [6, 6.07) is 7.93. The SMILES string of the molecule is CN=C(NCCN(C)C(=O)OC(C)(C)C)N(C)Cc1ccc(OC)cc1. The molecule has 0 saturated carbocycles. The highest BCUT2D eigenvalue weighted by Gasteiger charge is 2.19. The zero-order valence-electron chi connectivity index (χ0n) is 17.0. The van der Waals surface area contributed by atoms with Crippen LogP contribution in [0.3, 0.4) is 0 Å². The molecule has 0 spiro atoms. The van der Waals surface area contributed by atoms with Crippen molar-refractivity contribution in [3.05, 3.63) is 29.8 Å². The third-order valence-electron chi connectivity index (χ3n) is 3.59. The second kappa shape index (κ2) is 9.89. The largest absolute Gasteiger partial charge is 0.497 e. The molecule has 0 aliphatic heterocycles. The minimum atomic E-state index is -0.493. The van der Waals surface area contributed by atoms with Crippen LogP contribution in [0.1, 0.15) is 26.3 Å². The van der Waals surface area contributed by atoms with Crippen molar-refractivity contribution in [1.82, 2.24) is 15.1 Å². The number of ether oxygens (including phenoxy) is 2. The number of aliphatic imine (C=N–C) groups is 1. The Balaban J connectivity index is 2.47. The molecule has 1 N–H and O–H groups in total. The first-order chi connectivity index (χ1) is 12.2. The van der Waals surface area contributed by atoms with Crippen LogP contribution in [0, 0.1) is 0 Å². The Kier molecular flexibility index (Phi) is 8.22. The number of amides is 1. The number of carbonyl (C=O) groups excluding carboxylic acids is 1. The molecule has 0 saturated heterocycles. The zero-order valence-corrected chi connectivity index (χ0v) is 17.0. The minimum absolute atomic E-state index is 0.333. The Morgan fingerprint density at radius 1 is 1.15 bits per heavy atom. The van der Waals surface area contributed by atoms with Gasteiger partial charge in [0.25, 0.3) is 0 Å². The molecule has 0 aliphatic carbocycles. The summed E-state index contributed by atoms with van der Waals surface area (Å²) >= 11 is 0. The number of carbonyl (C=O) groups is 1. The average molecular weight is 364 g/mol. The third-order valence-corrected chi connectivity index (χ3v) is 3.59. The van der Waals surface area contributed by atoms with Crippen LogP contribution in [0.4, 0.5) is 4.79 Å². The van der Waals surface area contributed by atoms with E-state index < -0.39 is 5.60 Å². The Hall–Kier alpha value is -2.44. The minimum Gasteiger partial charge on any atom is -0.497 e. The molecule has 0 atom stereocenters. The van der Waals surface area contributed by atoms with E-state index in [0.29, 0.717) is 19.6 Å². The van der Waals surface area contributed by atoms with Gasteiger partial charge >= 0.3 is 6.09 Å². The van der Waals surface area contributed by atoms with Gasteiger partial charge in [0.1, 0.15) is 11.4 Å². The van der Waals surface area contributed by atoms with Gasteiger partial charge in [-0.25, -0.2) is 4.79 Å². The van der Waals surface area contributed by atoms with Gasteiger partial charge in [-0.15, -0.1) is 0 Å². The van der Waals surface area contributed by atoms with Crippen molar-refractivity contribution in [3.8, 4) is 5.75 Å². The monoisotopic (exact) mass is 364 g/mol.